The van der Waals surface area contributed by atoms with E-state index >= 15 is 19.2 Å². The number of amides is 4. The van der Waals surface area contributed by atoms with Gasteiger partial charge in [0, 0.05) is 42.1 Å². The maximum atomic E-state index is 16.8. The third-order valence-electron chi connectivity index (χ3n) is 14.7. The second-order valence-electron chi connectivity index (χ2n) is 19.0. The van der Waals surface area contributed by atoms with E-state index in [1.54, 1.807) is 55.6 Å². The van der Waals surface area contributed by atoms with Crippen molar-refractivity contribution in [2.45, 2.75) is 36.2 Å². The van der Waals surface area contributed by atoms with Crippen molar-refractivity contribution in [2.24, 2.45) is 5.92 Å². The number of esters is 1. The molecule has 3 N–H and O–H groups in total. The van der Waals surface area contributed by atoms with Crippen LogP contribution in [-0.2, 0) is 35.8 Å². The van der Waals surface area contributed by atoms with Gasteiger partial charge < -0.3 is 39.6 Å². The molecule has 4 aliphatic heterocycles. The minimum absolute atomic E-state index is 0.0244. The minimum atomic E-state index is -2.06. The summed E-state index contributed by atoms with van der Waals surface area (Å²) in [5.41, 5.74) is 3.79. The number of carbonyl (C=O) groups is 4. The van der Waals surface area contributed by atoms with Gasteiger partial charge in [0.15, 0.2) is 0 Å². The highest BCUT2D eigenvalue weighted by Gasteiger charge is 2.75. The number of cyclic esters (lactones) is 1. The maximum absolute atomic E-state index is 16.8. The van der Waals surface area contributed by atoms with E-state index < -0.39 is 59.4 Å². The number of aliphatic hydroxyl groups excluding tert-OH is 1. The zero-order valence-electron chi connectivity index (χ0n) is 41.7. The zero-order valence-corrected chi connectivity index (χ0v) is 41.7. The normalized spacial score (nSPS) is 21.7. The van der Waals surface area contributed by atoms with Crippen LogP contribution in [0.4, 0.5) is 21.9 Å². The quantitative estimate of drug-likeness (QED) is 0.0796. The number of methoxy groups -OCH3 is 1. The number of nitrogens with zero attached hydrogens (tertiary/aromatic N) is 3. The number of fused-ring (bicyclic) bond motifs is 3. The van der Waals surface area contributed by atoms with Gasteiger partial charge in [-0.15, -0.1) is 0 Å². The lowest BCUT2D eigenvalue weighted by atomic mass is 9.65. The summed E-state index contributed by atoms with van der Waals surface area (Å²) in [7, 11) is 1.59. The molecule has 14 nitrogen and oxygen atoms in total. The van der Waals surface area contributed by atoms with E-state index in [0.29, 0.717) is 71.3 Å². The number of rotatable bonds is 12. The van der Waals surface area contributed by atoms with Crippen molar-refractivity contribution in [3.8, 4) is 23.3 Å². The van der Waals surface area contributed by atoms with E-state index in [1.807, 2.05) is 138 Å². The molecule has 76 heavy (non-hydrogen) atoms. The largest absolute Gasteiger partial charge is 0.497 e. The molecule has 3 fully saturated rings. The standard InChI is InChI=1S/C62H55N5O9/c1-73-49-29-22-41(23-30-49)20-21-42-24-31-52-51(38-42)62(60(71)66(52)61(72)63-40-43-12-5-2-6-13-43)53(58(69)64-47-25-27-48(28-26-47)65-32-35-74-36-33-65)55-59(70)76-56(45-16-9-4-10-17-45)54(44-14-7-3-8-15-44)67(55)57(62)46-18-11-19-50(39-46)75-37-34-68/h2-19,22-31,38-39,53-57,68H,32-37,40H2,1H3,(H,63,72)(H,64,69)/t53-,54-,55?,56+,57+,62?/m1/s1. The van der Waals surface area contributed by atoms with Crippen molar-refractivity contribution in [3.63, 3.8) is 0 Å². The molecule has 4 aliphatic rings. The van der Waals surface area contributed by atoms with E-state index in [-0.39, 0.29) is 25.4 Å². The van der Waals surface area contributed by atoms with Gasteiger partial charge in [0.2, 0.25) is 11.8 Å². The lowest BCUT2D eigenvalue weighted by Crippen LogP contribution is -2.55. The summed E-state index contributed by atoms with van der Waals surface area (Å²) < 4.78 is 23.7. The fourth-order valence-corrected chi connectivity index (χ4v) is 11.4. The fourth-order valence-electron chi connectivity index (χ4n) is 11.4. The summed E-state index contributed by atoms with van der Waals surface area (Å²) in [6.45, 7) is 2.40. The Labute approximate surface area is 440 Å². The molecule has 4 amide bonds. The third kappa shape index (κ3) is 9.30. The predicted molar refractivity (Wildman–Crippen MR) is 287 cm³/mol. The summed E-state index contributed by atoms with van der Waals surface area (Å²) in [5, 5.41) is 16.1. The average Bonchev–Trinajstić information content (AvgIpc) is 4.11. The number of imide groups is 1. The summed E-state index contributed by atoms with van der Waals surface area (Å²) in [4.78, 5) is 69.1. The van der Waals surface area contributed by atoms with E-state index in [1.165, 1.54) is 0 Å². The molecule has 0 saturated carbocycles. The minimum Gasteiger partial charge on any atom is -0.497 e. The number of urea groups is 1. The topological polar surface area (TPSA) is 159 Å². The first-order valence-corrected chi connectivity index (χ1v) is 25.4. The van der Waals surface area contributed by atoms with Crippen molar-refractivity contribution < 1.29 is 43.2 Å². The van der Waals surface area contributed by atoms with Gasteiger partial charge in [0.25, 0.3) is 0 Å². The van der Waals surface area contributed by atoms with Crippen molar-refractivity contribution in [2.75, 3.05) is 61.7 Å². The summed E-state index contributed by atoms with van der Waals surface area (Å²) in [6, 6.07) is 51.4. The van der Waals surface area contributed by atoms with Gasteiger partial charge in [-0.2, -0.15) is 0 Å². The zero-order chi connectivity index (χ0) is 52.2. The van der Waals surface area contributed by atoms with Crippen LogP contribution < -0.4 is 29.9 Å². The van der Waals surface area contributed by atoms with E-state index in [0.717, 1.165) is 21.7 Å². The Bertz CT molecular complexity index is 3310. The molecule has 0 aliphatic carbocycles. The molecule has 1 spiro atoms. The molecule has 382 valence electrons. The lowest BCUT2D eigenvalue weighted by Gasteiger charge is -2.46. The monoisotopic (exact) mass is 1010 g/mol. The molecule has 7 aromatic carbocycles. The highest BCUT2D eigenvalue weighted by atomic mass is 16.6. The van der Waals surface area contributed by atoms with Gasteiger partial charge in [0.1, 0.15) is 35.7 Å². The summed E-state index contributed by atoms with van der Waals surface area (Å²) in [5.74, 6) is 3.93. The summed E-state index contributed by atoms with van der Waals surface area (Å²) in [6.07, 6.45) is -0.932. The Morgan fingerprint density at radius 2 is 1.37 bits per heavy atom. The van der Waals surface area contributed by atoms with Crippen LogP contribution in [0.5, 0.6) is 11.5 Å². The van der Waals surface area contributed by atoms with Gasteiger partial charge in [-0.05, 0) is 107 Å². The van der Waals surface area contributed by atoms with Crippen LogP contribution >= 0.6 is 0 Å². The van der Waals surface area contributed by atoms with Crippen LogP contribution in [0.2, 0.25) is 0 Å². The van der Waals surface area contributed by atoms with Gasteiger partial charge in [-0.1, -0.05) is 115 Å². The number of morpholine rings is 2. The van der Waals surface area contributed by atoms with Crippen LogP contribution in [0.3, 0.4) is 0 Å². The summed E-state index contributed by atoms with van der Waals surface area (Å²) >= 11 is 0. The van der Waals surface area contributed by atoms with Gasteiger partial charge in [-0.25, -0.2) is 9.69 Å². The van der Waals surface area contributed by atoms with E-state index in [9.17, 15) is 5.11 Å². The Morgan fingerprint density at radius 1 is 0.711 bits per heavy atom. The third-order valence-corrected chi connectivity index (χ3v) is 14.7. The fraction of sp³-hybridized carbons (Fsp3) is 0.226. The van der Waals surface area contributed by atoms with Gasteiger partial charge in [0.05, 0.1) is 50.6 Å². The van der Waals surface area contributed by atoms with E-state index in [4.69, 9.17) is 18.9 Å². The maximum Gasteiger partial charge on any atom is 0.329 e. The van der Waals surface area contributed by atoms with Crippen LogP contribution in [0, 0.1) is 17.8 Å². The molecule has 6 atom stereocenters. The number of carbonyl (C=O) groups excluding carboxylic acids is 4. The molecule has 0 aromatic heterocycles. The Balaban J connectivity index is 1.16. The second-order valence-corrected chi connectivity index (χ2v) is 19.0. The number of hydrogen-bond donors (Lipinski definition) is 3. The van der Waals surface area contributed by atoms with E-state index in [2.05, 4.69) is 27.4 Å². The predicted octanol–water partition coefficient (Wildman–Crippen LogP) is 8.52. The average molecular weight is 1010 g/mol. The first-order chi connectivity index (χ1) is 37.3. The molecule has 3 saturated heterocycles. The van der Waals surface area contributed by atoms with Crippen molar-refractivity contribution >= 4 is 40.9 Å². The van der Waals surface area contributed by atoms with Crippen molar-refractivity contribution in [1.82, 2.24) is 10.2 Å². The molecule has 0 bridgehead atoms. The molecular formula is C62H55N5O9. The smallest absolute Gasteiger partial charge is 0.329 e. The number of hydrogen-bond acceptors (Lipinski definition) is 11. The van der Waals surface area contributed by atoms with Crippen LogP contribution in [0.25, 0.3) is 0 Å². The highest BCUT2D eigenvalue weighted by Crippen LogP contribution is 2.66. The number of benzene rings is 7. The molecule has 14 heteroatoms. The highest BCUT2D eigenvalue weighted by molar-refractivity contribution is 6.25. The first-order valence-electron chi connectivity index (χ1n) is 25.4. The lowest BCUT2D eigenvalue weighted by molar-refractivity contribution is -0.177. The molecule has 7 aromatic rings. The van der Waals surface area contributed by atoms with Crippen LogP contribution in [0.1, 0.15) is 57.1 Å². The van der Waals surface area contributed by atoms with Crippen LogP contribution in [0.15, 0.2) is 182 Å². The molecular weight excluding hydrogens is 959 g/mol. The SMILES string of the molecule is COc1ccc(C#Cc2ccc3c(c2)C2(C(=O)N3C(=O)NCc3ccccc3)[C@H](c3cccc(OCCO)c3)N3C(C(=O)O[C@@H](c4ccccc4)[C@H]3c3ccccc3)[C@@H]2C(=O)Nc2ccc(N3CCOCC3)cc2)cc1. The molecule has 4 heterocycles. The Morgan fingerprint density at radius 3 is 2.07 bits per heavy atom. The Kier molecular flexibility index (Phi) is 14.1. The molecule has 11 rings (SSSR count). The van der Waals surface area contributed by atoms with Crippen LogP contribution in [-0.4, -0.2) is 86.5 Å². The number of nitrogens with one attached hydrogen (secondary N) is 2. The second kappa shape index (κ2) is 21.6. The Hall–Kier alpha value is -8.74. The number of ether oxygens (including phenoxy) is 4. The molecule has 2 unspecified atom stereocenters. The number of aliphatic hydroxyl groups is 1. The number of anilines is 3. The van der Waals surface area contributed by atoms with Gasteiger partial charge in [-0.3, -0.25) is 19.3 Å². The van der Waals surface area contributed by atoms with Gasteiger partial charge >= 0.3 is 12.0 Å². The molecule has 0 radical (unpaired) electrons. The van der Waals surface area contributed by atoms with Crippen molar-refractivity contribution in [1.29, 1.82) is 0 Å². The first kappa shape index (κ1) is 49.5. The van der Waals surface area contributed by atoms with Crippen molar-refractivity contribution in [3.05, 3.63) is 221 Å².